The molecule has 0 spiro atoms. The minimum Gasteiger partial charge on any atom is -0.448 e. The first-order valence-corrected chi connectivity index (χ1v) is 9.17. The second kappa shape index (κ2) is 5.37. The summed E-state index contributed by atoms with van der Waals surface area (Å²) in [7, 11) is 0. The number of nitrogens with one attached hydrogen (secondary N) is 1. The molecule has 1 aromatic carbocycles. The molecule has 4 aliphatic rings. The van der Waals surface area contributed by atoms with E-state index in [0.717, 1.165) is 16.8 Å². The molecule has 1 N–H and O–H groups in total. The van der Waals surface area contributed by atoms with Gasteiger partial charge in [0.15, 0.2) is 0 Å². The number of cyclic esters (lactones) is 1. The van der Waals surface area contributed by atoms with Gasteiger partial charge >= 0.3 is 12.2 Å². The predicted octanol–water partition coefficient (Wildman–Crippen LogP) is 3.00. The fraction of sp³-hybridized carbons (Fsp3) is 0.474. The second-order valence-electron chi connectivity index (χ2n) is 7.49. The van der Waals surface area contributed by atoms with Crippen molar-refractivity contribution in [2.24, 2.45) is 0 Å². The third-order valence-electron chi connectivity index (χ3n) is 6.11. The number of fused-ring (bicyclic) bond motifs is 7. The number of hydrogen-bond acceptors (Lipinski definition) is 5. The van der Waals surface area contributed by atoms with Crippen LogP contribution in [0.25, 0.3) is 0 Å². The molecule has 5 rings (SSSR count). The molecule has 1 aliphatic carbocycles. The van der Waals surface area contributed by atoms with Crippen molar-refractivity contribution in [2.45, 2.75) is 43.8 Å². The molecule has 0 aromatic heterocycles. The summed E-state index contributed by atoms with van der Waals surface area (Å²) >= 11 is 0. The van der Waals surface area contributed by atoms with E-state index in [1.807, 2.05) is 6.92 Å². The van der Waals surface area contributed by atoms with E-state index in [9.17, 15) is 14.0 Å². The third kappa shape index (κ3) is 2.01. The Morgan fingerprint density at radius 2 is 2.30 bits per heavy atom. The molecule has 0 radical (unpaired) electrons. The summed E-state index contributed by atoms with van der Waals surface area (Å²) in [6.45, 7) is 4.16. The highest BCUT2D eigenvalue weighted by Crippen LogP contribution is 2.55. The molecule has 3 aliphatic heterocycles. The van der Waals surface area contributed by atoms with Crippen molar-refractivity contribution in [1.82, 2.24) is 10.0 Å². The van der Waals surface area contributed by atoms with Crippen LogP contribution >= 0.6 is 0 Å². The first kappa shape index (κ1) is 16.4. The van der Waals surface area contributed by atoms with Crippen molar-refractivity contribution < 1.29 is 23.5 Å². The summed E-state index contributed by atoms with van der Waals surface area (Å²) in [4.78, 5) is 25.3. The Bertz CT molecular complexity index is 888. The maximum Gasteiger partial charge on any atom is 0.429 e. The molecule has 4 atom stereocenters. The number of ether oxygens (including phenoxy) is 2. The van der Waals surface area contributed by atoms with Gasteiger partial charge in [-0.3, -0.25) is 0 Å². The topological polar surface area (TPSA) is 71.1 Å². The van der Waals surface area contributed by atoms with Gasteiger partial charge in [0.2, 0.25) is 0 Å². The zero-order chi connectivity index (χ0) is 18.9. The van der Waals surface area contributed by atoms with E-state index in [0.29, 0.717) is 13.0 Å². The fourth-order valence-corrected chi connectivity index (χ4v) is 4.95. The van der Waals surface area contributed by atoms with Crippen LogP contribution in [0.3, 0.4) is 0 Å². The van der Waals surface area contributed by atoms with E-state index in [4.69, 9.17) is 9.47 Å². The average molecular weight is 373 g/mol. The number of benzene rings is 1. The monoisotopic (exact) mass is 373 g/mol. The minimum absolute atomic E-state index is 0.0652. The lowest BCUT2D eigenvalue weighted by molar-refractivity contribution is -0.0710. The van der Waals surface area contributed by atoms with Gasteiger partial charge in [-0.05, 0) is 43.2 Å². The predicted molar refractivity (Wildman–Crippen MR) is 93.5 cm³/mol. The van der Waals surface area contributed by atoms with E-state index in [1.165, 1.54) is 22.2 Å². The lowest BCUT2D eigenvalue weighted by atomic mass is 9.86. The largest absolute Gasteiger partial charge is 0.448 e. The molecule has 2 saturated heterocycles. The molecule has 3 heterocycles. The average Bonchev–Trinajstić information content (AvgIpc) is 3.22. The molecule has 142 valence electrons. The number of hydrazine groups is 1. The van der Waals surface area contributed by atoms with Gasteiger partial charge in [-0.1, -0.05) is 6.08 Å². The zero-order valence-electron chi connectivity index (χ0n) is 15.1. The maximum absolute atomic E-state index is 13.8. The van der Waals surface area contributed by atoms with Crippen molar-refractivity contribution in [1.29, 1.82) is 0 Å². The van der Waals surface area contributed by atoms with E-state index >= 15 is 0 Å². The summed E-state index contributed by atoms with van der Waals surface area (Å²) in [5.74, 6) is -0.354. The van der Waals surface area contributed by atoms with Gasteiger partial charge in [0, 0.05) is 18.0 Å². The van der Waals surface area contributed by atoms with E-state index in [-0.39, 0.29) is 30.4 Å². The van der Waals surface area contributed by atoms with Gasteiger partial charge in [0.25, 0.3) is 0 Å². The number of nitrogens with zero attached hydrogens (tertiary/aromatic N) is 2. The van der Waals surface area contributed by atoms with Crippen LogP contribution in [0.4, 0.5) is 19.7 Å². The standard InChI is InChI=1S/C19H20FN3O4/c1-3-26-17(24)22-16-13(19(2)6-7-27-18(25)23(19)22)9-12-11-8-10(20)4-5-14(11)21-15(12)16/h4-5,8-9,12,15-16,21H,3,6-7H2,1-2H3/t12-,15+,16+,19-/m1/s1. The number of halogens is 1. The number of amides is 2. The molecule has 2 amide bonds. The summed E-state index contributed by atoms with van der Waals surface area (Å²) in [6, 6.07) is 4.09. The molecule has 0 unspecified atom stereocenters. The Morgan fingerprint density at radius 1 is 1.48 bits per heavy atom. The quantitative estimate of drug-likeness (QED) is 0.767. The minimum atomic E-state index is -0.660. The lowest BCUT2D eigenvalue weighted by Crippen LogP contribution is -2.59. The smallest absolute Gasteiger partial charge is 0.429 e. The van der Waals surface area contributed by atoms with Crippen LogP contribution < -0.4 is 5.32 Å². The number of carbonyl (C=O) groups is 2. The molecular weight excluding hydrogens is 353 g/mol. The van der Waals surface area contributed by atoms with Crippen LogP contribution in [0.5, 0.6) is 0 Å². The van der Waals surface area contributed by atoms with Crippen molar-refractivity contribution in [3.63, 3.8) is 0 Å². The van der Waals surface area contributed by atoms with Crippen LogP contribution in [0.2, 0.25) is 0 Å². The van der Waals surface area contributed by atoms with Gasteiger partial charge in [0.1, 0.15) is 11.9 Å². The summed E-state index contributed by atoms with van der Waals surface area (Å²) in [6.07, 6.45) is 1.52. The van der Waals surface area contributed by atoms with E-state index < -0.39 is 17.7 Å². The molecular formula is C19H20FN3O4. The Labute approximate surface area is 155 Å². The van der Waals surface area contributed by atoms with Gasteiger partial charge in [-0.25, -0.2) is 24.0 Å². The number of rotatable bonds is 1. The Morgan fingerprint density at radius 3 is 3.07 bits per heavy atom. The first-order valence-electron chi connectivity index (χ1n) is 9.17. The van der Waals surface area contributed by atoms with E-state index in [2.05, 4.69) is 11.4 Å². The molecule has 2 fully saturated rings. The van der Waals surface area contributed by atoms with Crippen molar-refractivity contribution in [2.75, 3.05) is 18.5 Å². The lowest BCUT2D eigenvalue weighted by Gasteiger charge is -2.41. The first-order chi connectivity index (χ1) is 13.0. The van der Waals surface area contributed by atoms with Gasteiger partial charge in [-0.15, -0.1) is 0 Å². The molecule has 8 heteroatoms. The van der Waals surface area contributed by atoms with Gasteiger partial charge in [-0.2, -0.15) is 0 Å². The van der Waals surface area contributed by atoms with Crippen LogP contribution in [-0.2, 0) is 9.47 Å². The summed E-state index contributed by atoms with van der Waals surface area (Å²) < 4.78 is 24.3. The van der Waals surface area contributed by atoms with Crippen LogP contribution in [-0.4, -0.2) is 53.0 Å². The SMILES string of the molecule is CCOC(=O)N1[C@H]2C(=C[C@@H]3c4cc(F)ccc4N[C@@H]32)[C@@]2(C)CCOC(=O)N12. The number of anilines is 1. The fourth-order valence-electron chi connectivity index (χ4n) is 4.95. The zero-order valence-corrected chi connectivity index (χ0v) is 15.1. The molecule has 27 heavy (non-hydrogen) atoms. The number of hydrogen-bond donors (Lipinski definition) is 1. The van der Waals surface area contributed by atoms with Gasteiger partial charge < -0.3 is 14.8 Å². The Kier molecular flexibility index (Phi) is 3.26. The van der Waals surface area contributed by atoms with Gasteiger partial charge in [0.05, 0.1) is 24.8 Å². The highest BCUT2D eigenvalue weighted by molar-refractivity contribution is 5.80. The summed E-state index contributed by atoms with van der Waals surface area (Å²) in [5.41, 5.74) is 2.04. The summed E-state index contributed by atoms with van der Waals surface area (Å²) in [5, 5.41) is 6.20. The maximum atomic E-state index is 13.8. The molecule has 0 saturated carbocycles. The second-order valence-corrected chi connectivity index (χ2v) is 7.49. The van der Waals surface area contributed by atoms with E-state index in [1.54, 1.807) is 13.0 Å². The van der Waals surface area contributed by atoms with Crippen molar-refractivity contribution in [3.05, 3.63) is 41.2 Å². The molecule has 7 nitrogen and oxygen atoms in total. The highest BCUT2D eigenvalue weighted by Gasteiger charge is 2.64. The normalized spacial score (nSPS) is 32.8. The van der Waals surface area contributed by atoms with Crippen molar-refractivity contribution in [3.8, 4) is 0 Å². The molecule has 1 aromatic rings. The molecule has 0 bridgehead atoms. The van der Waals surface area contributed by atoms with Crippen LogP contribution in [0.15, 0.2) is 29.8 Å². The Hall–Kier alpha value is -2.77. The third-order valence-corrected chi connectivity index (χ3v) is 6.11. The van der Waals surface area contributed by atoms with Crippen LogP contribution in [0.1, 0.15) is 31.7 Å². The Balaban J connectivity index is 1.63. The van der Waals surface area contributed by atoms with Crippen molar-refractivity contribution >= 4 is 17.9 Å². The number of carbonyl (C=O) groups excluding carboxylic acids is 2. The van der Waals surface area contributed by atoms with Crippen LogP contribution in [0, 0.1) is 5.82 Å². The highest BCUT2D eigenvalue weighted by atomic mass is 19.1.